The maximum Gasteiger partial charge on any atom is 0.00238 e. The van der Waals surface area contributed by atoms with Crippen LogP contribution in [0.15, 0.2) is 0 Å². The van der Waals surface area contributed by atoms with Gasteiger partial charge in [-0.25, -0.2) is 0 Å². The van der Waals surface area contributed by atoms with Crippen LogP contribution in [0.1, 0.15) is 0 Å². The second kappa shape index (κ2) is 1.61. The summed E-state index contributed by atoms with van der Waals surface area (Å²) < 4.78 is 0. The van der Waals surface area contributed by atoms with E-state index in [4.69, 9.17) is 0 Å². The van der Waals surface area contributed by atoms with Crippen LogP contribution in [0.4, 0.5) is 0 Å². The first kappa shape index (κ1) is 4.31. The van der Waals surface area contributed by atoms with Crippen LogP contribution in [-0.4, -0.2) is 11.5 Å². The molecule has 0 radical (unpaired) electrons. The Morgan fingerprint density at radius 3 is 1.50 bits per heavy atom. The molecule has 1 saturated heterocycles. The van der Waals surface area contributed by atoms with E-state index >= 15 is 0 Å². The molecule has 1 aliphatic heterocycles. The molecular weight excluding hydrogens is 70.1 g/mol. The van der Waals surface area contributed by atoms with Crippen molar-refractivity contribution >= 4 is 11.8 Å². The van der Waals surface area contributed by atoms with Crippen molar-refractivity contribution < 1.29 is 0 Å². The summed E-state index contributed by atoms with van der Waals surface area (Å²) in [5, 5.41) is 0. The van der Waals surface area contributed by atoms with Crippen molar-refractivity contribution in [1.82, 2.24) is 6.15 Å². The molecule has 4 heavy (non-hydrogen) atoms. The Morgan fingerprint density at radius 2 is 1.50 bits per heavy atom. The third kappa shape index (κ3) is 2.31. The van der Waals surface area contributed by atoms with Gasteiger partial charge in [0.2, 0.25) is 0 Å². The molecule has 0 bridgehead atoms. The molecule has 0 aliphatic carbocycles. The highest BCUT2D eigenvalue weighted by Crippen LogP contribution is 2.14. The van der Waals surface area contributed by atoms with E-state index in [1.165, 1.54) is 11.5 Å². The lowest BCUT2D eigenvalue weighted by molar-refractivity contribution is 1.75. The largest absolute Gasteiger partial charge is 0.344 e. The van der Waals surface area contributed by atoms with E-state index in [1.54, 1.807) is 0 Å². The van der Waals surface area contributed by atoms with E-state index in [1.807, 2.05) is 11.8 Å². The monoisotopic (exact) mass is 77.0 g/mol. The third-order valence-corrected chi connectivity index (χ3v) is 0.612. The average Bonchev–Trinajstić information content (AvgIpc) is 1.46. The molecule has 0 aromatic rings. The zero-order valence-electron chi connectivity index (χ0n) is 2.53. The zero-order valence-corrected chi connectivity index (χ0v) is 3.35. The molecule has 1 rings (SSSR count). The van der Waals surface area contributed by atoms with Gasteiger partial charge in [-0.1, -0.05) is 0 Å². The van der Waals surface area contributed by atoms with Crippen LogP contribution in [0.25, 0.3) is 0 Å². The van der Waals surface area contributed by atoms with Crippen LogP contribution in [-0.2, 0) is 0 Å². The SMILES string of the molecule is C1CS1.N. The Balaban J connectivity index is 0.0000000900. The third-order valence-electron chi connectivity index (χ3n) is 0.204. The van der Waals surface area contributed by atoms with Gasteiger partial charge in [0.1, 0.15) is 0 Å². The standard InChI is InChI=1S/C2H4S.H3N/c1-2-3-1;/h1-2H2;1H3. The van der Waals surface area contributed by atoms with E-state index in [9.17, 15) is 0 Å². The molecule has 26 valence electrons. The van der Waals surface area contributed by atoms with Crippen molar-refractivity contribution in [3.8, 4) is 0 Å². The summed E-state index contributed by atoms with van der Waals surface area (Å²) in [6.07, 6.45) is 0. The summed E-state index contributed by atoms with van der Waals surface area (Å²) in [6.45, 7) is 0. The lowest BCUT2D eigenvalue weighted by Gasteiger charge is -1.11. The van der Waals surface area contributed by atoms with Crippen LogP contribution >= 0.6 is 11.8 Å². The van der Waals surface area contributed by atoms with Gasteiger partial charge in [0.15, 0.2) is 0 Å². The van der Waals surface area contributed by atoms with Crippen LogP contribution < -0.4 is 6.15 Å². The molecule has 0 amide bonds. The molecular formula is C2H7NS. The van der Waals surface area contributed by atoms with Crippen LogP contribution in [0.3, 0.4) is 0 Å². The first-order valence-electron chi connectivity index (χ1n) is 1.08. The highest BCUT2D eigenvalue weighted by atomic mass is 32.2. The van der Waals surface area contributed by atoms with Crippen molar-refractivity contribution in [1.29, 1.82) is 0 Å². The fraction of sp³-hybridized carbons (Fsp3) is 1.00. The molecule has 1 fully saturated rings. The molecule has 0 saturated carbocycles. The maximum atomic E-state index is 2.00. The first-order valence-corrected chi connectivity index (χ1v) is 2.23. The Labute approximate surface area is 30.4 Å². The summed E-state index contributed by atoms with van der Waals surface area (Å²) in [6, 6.07) is 0. The molecule has 0 aromatic carbocycles. The Bertz CT molecular complexity index is 10.8. The number of thioether (sulfide) groups is 1. The zero-order chi connectivity index (χ0) is 2.12. The summed E-state index contributed by atoms with van der Waals surface area (Å²) in [7, 11) is 0. The van der Waals surface area contributed by atoms with Crippen molar-refractivity contribution in [2.24, 2.45) is 0 Å². The van der Waals surface area contributed by atoms with E-state index in [0.717, 1.165) is 0 Å². The van der Waals surface area contributed by atoms with Crippen molar-refractivity contribution in [2.75, 3.05) is 11.5 Å². The van der Waals surface area contributed by atoms with Crippen molar-refractivity contribution in [2.45, 2.75) is 0 Å². The highest BCUT2D eigenvalue weighted by molar-refractivity contribution is 8.06. The molecule has 0 unspecified atom stereocenters. The molecule has 0 aromatic heterocycles. The predicted octanol–water partition coefficient (Wildman–Crippen LogP) is 0.895. The first-order chi connectivity index (χ1) is 1.50. The lowest BCUT2D eigenvalue weighted by atomic mass is 11.0. The number of hydrogen-bond acceptors (Lipinski definition) is 2. The average molecular weight is 77.2 g/mol. The lowest BCUT2D eigenvalue weighted by Crippen LogP contribution is -1.20. The van der Waals surface area contributed by atoms with Gasteiger partial charge in [0.05, 0.1) is 0 Å². The minimum absolute atomic E-state index is 0. The van der Waals surface area contributed by atoms with E-state index in [-0.39, 0.29) is 6.15 Å². The molecule has 2 heteroatoms. The van der Waals surface area contributed by atoms with Gasteiger partial charge in [-0.2, -0.15) is 11.8 Å². The minimum atomic E-state index is 0. The normalized spacial score (nSPS) is 18.0. The van der Waals surface area contributed by atoms with E-state index < -0.39 is 0 Å². The summed E-state index contributed by atoms with van der Waals surface area (Å²) in [4.78, 5) is 0. The van der Waals surface area contributed by atoms with Crippen LogP contribution in [0.5, 0.6) is 0 Å². The molecule has 3 N–H and O–H groups in total. The van der Waals surface area contributed by atoms with Gasteiger partial charge in [-0.05, 0) is 0 Å². The van der Waals surface area contributed by atoms with Crippen molar-refractivity contribution in [3.63, 3.8) is 0 Å². The van der Waals surface area contributed by atoms with Crippen molar-refractivity contribution in [3.05, 3.63) is 0 Å². The fourth-order valence-corrected chi connectivity index (χ4v) is 0. The van der Waals surface area contributed by atoms with E-state index in [2.05, 4.69) is 0 Å². The smallest absolute Gasteiger partial charge is 0.00238 e. The number of rotatable bonds is 0. The summed E-state index contributed by atoms with van der Waals surface area (Å²) in [5.74, 6) is 2.83. The van der Waals surface area contributed by atoms with Gasteiger partial charge in [0, 0.05) is 11.5 Å². The maximum absolute atomic E-state index is 2.00. The van der Waals surface area contributed by atoms with E-state index in [0.29, 0.717) is 0 Å². The van der Waals surface area contributed by atoms with Gasteiger partial charge in [-0.15, -0.1) is 0 Å². The summed E-state index contributed by atoms with van der Waals surface area (Å²) >= 11 is 2.00. The van der Waals surface area contributed by atoms with Gasteiger partial charge in [-0.3, -0.25) is 0 Å². The second-order valence-electron chi connectivity index (χ2n) is 0.612. The fourth-order valence-electron chi connectivity index (χ4n) is 0. The van der Waals surface area contributed by atoms with Gasteiger partial charge < -0.3 is 6.15 Å². The topological polar surface area (TPSA) is 35.0 Å². The molecule has 1 aliphatic rings. The molecule has 0 spiro atoms. The second-order valence-corrected chi connectivity index (χ2v) is 1.84. The molecule has 1 nitrogen and oxygen atoms in total. The molecule has 1 heterocycles. The number of hydrogen-bond donors (Lipinski definition) is 1. The van der Waals surface area contributed by atoms with Gasteiger partial charge >= 0.3 is 0 Å². The Morgan fingerprint density at radius 1 is 1.25 bits per heavy atom. The highest BCUT2D eigenvalue weighted by Gasteiger charge is 1.95. The predicted molar refractivity (Wildman–Crippen MR) is 22.3 cm³/mol. The minimum Gasteiger partial charge on any atom is -0.344 e. The quantitative estimate of drug-likeness (QED) is 0.436. The van der Waals surface area contributed by atoms with Gasteiger partial charge in [0.25, 0.3) is 0 Å². The Hall–Kier alpha value is 0.310. The summed E-state index contributed by atoms with van der Waals surface area (Å²) in [5.41, 5.74) is 0. The van der Waals surface area contributed by atoms with Crippen LogP contribution in [0.2, 0.25) is 0 Å². The molecule has 0 atom stereocenters. The van der Waals surface area contributed by atoms with Crippen LogP contribution in [0, 0.1) is 0 Å². The Kier molecular flexibility index (Phi) is 1.74.